The van der Waals surface area contributed by atoms with Crippen LogP contribution < -0.4 is 0 Å². The fourth-order valence-electron chi connectivity index (χ4n) is 0.0967. The highest BCUT2D eigenvalue weighted by Gasteiger charge is 2.01. The first-order valence-corrected chi connectivity index (χ1v) is 1.42. The molecule has 0 aromatic carbocycles. The van der Waals surface area contributed by atoms with Gasteiger partial charge in [0, 0.05) is 0 Å². The van der Waals surface area contributed by atoms with Crippen LogP contribution in [0.5, 0.6) is 0 Å². The van der Waals surface area contributed by atoms with Gasteiger partial charge in [0.25, 0.3) is 6.01 Å². The average Bonchev–Trinajstić information content (AvgIpc) is 1.27. The fourth-order valence-corrected chi connectivity index (χ4v) is 0.0967. The maximum absolute atomic E-state index is 11.1. The summed E-state index contributed by atoms with van der Waals surface area (Å²) in [5.41, 5.74) is 0. The Labute approximate surface area is 38.4 Å². The number of hydrogen-bond acceptors (Lipinski definition) is 1. The van der Waals surface area contributed by atoms with Crippen molar-refractivity contribution < 1.29 is 17.9 Å². The van der Waals surface area contributed by atoms with Gasteiger partial charge in [0.2, 0.25) is 0 Å². The molecule has 1 nitrogen and oxygen atoms in total. The second-order valence-electron chi connectivity index (χ2n) is 0.734. The Hall–Kier alpha value is -0.670. The zero-order valence-corrected chi connectivity index (χ0v) is 3.33. The first kappa shape index (κ1) is 6.33. The topological polar surface area (TPSA) is 9.23 Å². The monoisotopic (exact) mass is 112 g/mol. The lowest BCUT2D eigenvalue weighted by Gasteiger charge is -1.95. The van der Waals surface area contributed by atoms with E-state index in [1.54, 1.807) is 0 Å². The molecule has 42 valence electrons. The lowest BCUT2D eigenvalue weighted by atomic mass is 11.1. The summed E-state index contributed by atoms with van der Waals surface area (Å²) in [6, 6.07) is -1.46. The van der Waals surface area contributed by atoms with E-state index in [1.807, 2.05) is 0 Å². The molecule has 4 heteroatoms. The molecule has 0 heterocycles. The number of rotatable bonds is 2. The SMILES string of the molecule is C=C(F)OC(F)F. The standard InChI is InChI=1S/C3H3F3O/c1-2(4)7-3(5)6/h3H,1H2. The van der Waals surface area contributed by atoms with Crippen molar-refractivity contribution in [1.82, 2.24) is 0 Å². The smallest absolute Gasteiger partial charge is 0.389 e. The van der Waals surface area contributed by atoms with Gasteiger partial charge in [-0.3, -0.25) is 0 Å². The Morgan fingerprint density at radius 2 is 2.00 bits per heavy atom. The van der Waals surface area contributed by atoms with E-state index in [0.29, 0.717) is 0 Å². The molecule has 0 saturated carbocycles. The summed E-state index contributed by atoms with van der Waals surface area (Å²) < 4.78 is 35.6. The third-order valence-electron chi connectivity index (χ3n) is 0.217. The van der Waals surface area contributed by atoms with E-state index in [1.165, 1.54) is 0 Å². The van der Waals surface area contributed by atoms with Crippen LogP contribution in [0, 0.1) is 0 Å². The summed E-state index contributed by atoms with van der Waals surface area (Å²) in [4.78, 5) is 0. The third-order valence-corrected chi connectivity index (χ3v) is 0.217. The molecule has 0 aromatic rings. The van der Waals surface area contributed by atoms with E-state index < -0.39 is 12.6 Å². The van der Waals surface area contributed by atoms with Crippen LogP contribution in [0.1, 0.15) is 0 Å². The molecule has 0 unspecified atom stereocenters. The molecule has 0 aliphatic heterocycles. The van der Waals surface area contributed by atoms with E-state index in [4.69, 9.17) is 0 Å². The molecule has 0 saturated heterocycles. The Bertz CT molecular complexity index is 70.6. The Morgan fingerprint density at radius 3 is 2.00 bits per heavy atom. The number of halogens is 3. The van der Waals surface area contributed by atoms with Crippen LogP contribution in [0.15, 0.2) is 12.6 Å². The average molecular weight is 112 g/mol. The third kappa shape index (κ3) is 5.33. The van der Waals surface area contributed by atoms with Crippen LogP contribution in [0.3, 0.4) is 0 Å². The summed E-state index contributed by atoms with van der Waals surface area (Å²) in [5.74, 6) is 0. The van der Waals surface area contributed by atoms with E-state index in [9.17, 15) is 13.2 Å². The van der Waals surface area contributed by atoms with Gasteiger partial charge in [-0.2, -0.15) is 13.2 Å². The summed E-state index contributed by atoms with van der Waals surface area (Å²) in [5, 5.41) is 0. The van der Waals surface area contributed by atoms with Crippen molar-refractivity contribution in [3.05, 3.63) is 12.6 Å². The largest absolute Gasteiger partial charge is 0.409 e. The molecule has 0 amide bonds. The molecule has 7 heavy (non-hydrogen) atoms. The number of alkyl halides is 2. The van der Waals surface area contributed by atoms with Crippen molar-refractivity contribution in [2.75, 3.05) is 0 Å². The highest BCUT2D eigenvalue weighted by Crippen LogP contribution is 2.02. The maximum Gasteiger partial charge on any atom is 0.389 e. The van der Waals surface area contributed by atoms with Crippen molar-refractivity contribution in [3.8, 4) is 0 Å². The first-order valence-electron chi connectivity index (χ1n) is 1.42. The maximum atomic E-state index is 11.1. The van der Waals surface area contributed by atoms with Crippen molar-refractivity contribution >= 4 is 0 Å². The fraction of sp³-hybridized carbons (Fsp3) is 0.333. The Kier molecular flexibility index (Phi) is 2.26. The van der Waals surface area contributed by atoms with E-state index >= 15 is 0 Å². The zero-order valence-electron chi connectivity index (χ0n) is 3.33. The normalized spacial score (nSPS) is 9.14. The molecule has 0 aliphatic rings. The van der Waals surface area contributed by atoms with Crippen LogP contribution in [0.25, 0.3) is 0 Å². The molecule has 0 aromatic heterocycles. The van der Waals surface area contributed by atoms with Crippen molar-refractivity contribution in [3.63, 3.8) is 0 Å². The van der Waals surface area contributed by atoms with Gasteiger partial charge in [0.1, 0.15) is 0 Å². The molecule has 0 N–H and O–H groups in total. The van der Waals surface area contributed by atoms with Gasteiger partial charge in [-0.15, -0.1) is 0 Å². The van der Waals surface area contributed by atoms with Gasteiger partial charge in [-0.05, 0) is 6.58 Å². The van der Waals surface area contributed by atoms with Gasteiger partial charge in [0.05, 0.1) is 0 Å². The molecule has 0 aliphatic carbocycles. The van der Waals surface area contributed by atoms with Gasteiger partial charge >= 0.3 is 6.61 Å². The zero-order chi connectivity index (χ0) is 5.86. The van der Waals surface area contributed by atoms with Crippen LogP contribution >= 0.6 is 0 Å². The molecule has 0 fully saturated rings. The van der Waals surface area contributed by atoms with E-state index in [0.717, 1.165) is 0 Å². The minimum atomic E-state index is -3.10. The minimum Gasteiger partial charge on any atom is -0.409 e. The molecule has 0 bridgehead atoms. The van der Waals surface area contributed by atoms with Crippen LogP contribution in [0.4, 0.5) is 13.2 Å². The minimum absolute atomic E-state index is 1.46. The van der Waals surface area contributed by atoms with Gasteiger partial charge < -0.3 is 4.74 Å². The van der Waals surface area contributed by atoms with Crippen molar-refractivity contribution in [2.45, 2.75) is 6.61 Å². The molecule has 0 atom stereocenters. The van der Waals surface area contributed by atoms with Crippen LogP contribution in [-0.2, 0) is 4.74 Å². The molecule has 0 rings (SSSR count). The van der Waals surface area contributed by atoms with Crippen LogP contribution in [-0.4, -0.2) is 6.61 Å². The highest BCUT2D eigenvalue weighted by molar-refractivity contribution is 4.62. The Balaban J connectivity index is 3.13. The highest BCUT2D eigenvalue weighted by atomic mass is 19.3. The molecule has 0 spiro atoms. The van der Waals surface area contributed by atoms with Crippen LogP contribution in [0.2, 0.25) is 0 Å². The van der Waals surface area contributed by atoms with E-state index in [2.05, 4.69) is 11.3 Å². The summed E-state index contributed by atoms with van der Waals surface area (Å²) in [6.45, 7) is -0.673. The molecular formula is C3H3F3O. The van der Waals surface area contributed by atoms with Gasteiger partial charge in [-0.25, -0.2) is 0 Å². The summed E-state index contributed by atoms with van der Waals surface area (Å²) >= 11 is 0. The van der Waals surface area contributed by atoms with Crippen molar-refractivity contribution in [1.29, 1.82) is 0 Å². The predicted octanol–water partition coefficient (Wildman–Crippen LogP) is 1.67. The number of hydrogen-bond donors (Lipinski definition) is 0. The first-order chi connectivity index (χ1) is 3.13. The Morgan fingerprint density at radius 1 is 1.57 bits per heavy atom. The lowest BCUT2D eigenvalue weighted by Crippen LogP contribution is -1.93. The second kappa shape index (κ2) is 2.49. The second-order valence-corrected chi connectivity index (χ2v) is 0.734. The van der Waals surface area contributed by atoms with E-state index in [-0.39, 0.29) is 0 Å². The predicted molar refractivity (Wildman–Crippen MR) is 17.3 cm³/mol. The van der Waals surface area contributed by atoms with Crippen molar-refractivity contribution in [2.24, 2.45) is 0 Å². The molecular weight excluding hydrogens is 109 g/mol. The van der Waals surface area contributed by atoms with Gasteiger partial charge in [0.15, 0.2) is 0 Å². The lowest BCUT2D eigenvalue weighted by molar-refractivity contribution is -0.113. The summed E-state index contributed by atoms with van der Waals surface area (Å²) in [6.07, 6.45) is 0. The van der Waals surface area contributed by atoms with Gasteiger partial charge in [-0.1, -0.05) is 0 Å². The quantitative estimate of drug-likeness (QED) is 0.493. The summed E-state index contributed by atoms with van der Waals surface area (Å²) in [7, 11) is 0. The number of ether oxygens (including phenoxy) is 1. The molecule has 0 radical (unpaired) electrons.